The van der Waals surface area contributed by atoms with Crippen LogP contribution in [-0.4, -0.2) is 64.2 Å². The summed E-state index contributed by atoms with van der Waals surface area (Å²) in [5, 5.41) is 21.7. The molecule has 3 saturated heterocycles. The molecule has 43 heavy (non-hydrogen) atoms. The number of amides is 1. The molecule has 1 amide bonds. The van der Waals surface area contributed by atoms with Gasteiger partial charge in [-0.15, -0.1) is 0 Å². The molecule has 2 aromatic carbocycles. The Morgan fingerprint density at radius 3 is 2.72 bits per heavy atom. The maximum Gasteiger partial charge on any atom is 0.318 e. The third-order valence-corrected chi connectivity index (χ3v) is 9.92. The number of hydrogen-bond acceptors (Lipinski definition) is 8. The number of ether oxygens (including phenoxy) is 1. The van der Waals surface area contributed by atoms with Crippen LogP contribution in [0.25, 0.3) is 10.8 Å². The highest BCUT2D eigenvalue weighted by Crippen LogP contribution is 2.42. The fourth-order valence-electron chi connectivity index (χ4n) is 7.78. The number of carbonyl (C=O) groups excluding carboxylic acids is 1. The first-order chi connectivity index (χ1) is 20.9. The van der Waals surface area contributed by atoms with Crippen molar-refractivity contribution in [3.8, 4) is 17.8 Å². The van der Waals surface area contributed by atoms with Gasteiger partial charge in [0, 0.05) is 24.5 Å². The van der Waals surface area contributed by atoms with Crippen LogP contribution in [0.15, 0.2) is 24.3 Å². The van der Waals surface area contributed by atoms with Gasteiger partial charge in [-0.05, 0) is 81.1 Å². The van der Waals surface area contributed by atoms with E-state index in [2.05, 4.69) is 11.0 Å². The number of carbonyl (C=O) groups is 1. The van der Waals surface area contributed by atoms with Crippen LogP contribution in [0.5, 0.6) is 11.8 Å². The Bertz CT molecular complexity index is 1630. The molecule has 7 rings (SSSR count). The van der Waals surface area contributed by atoms with E-state index in [0.29, 0.717) is 65.2 Å². The van der Waals surface area contributed by atoms with Gasteiger partial charge in [0.05, 0.1) is 35.5 Å². The van der Waals surface area contributed by atoms with Crippen LogP contribution in [0.4, 0.5) is 15.9 Å². The summed E-state index contributed by atoms with van der Waals surface area (Å²) in [5.41, 5.74) is 1.88. The van der Waals surface area contributed by atoms with Crippen LogP contribution in [0, 0.1) is 23.1 Å². The number of hydrogen-bond donors (Lipinski definition) is 1. The molecule has 3 fully saturated rings. The van der Waals surface area contributed by atoms with Gasteiger partial charge in [-0.3, -0.25) is 9.69 Å². The minimum Gasteiger partial charge on any atom is -0.508 e. The van der Waals surface area contributed by atoms with Gasteiger partial charge in [0.25, 0.3) is 5.91 Å². The van der Waals surface area contributed by atoms with Crippen LogP contribution >= 0.6 is 0 Å². The summed E-state index contributed by atoms with van der Waals surface area (Å²) in [6, 6.07) is 8.82. The largest absolute Gasteiger partial charge is 0.508 e. The van der Waals surface area contributed by atoms with Crippen molar-refractivity contribution in [2.45, 2.75) is 70.4 Å². The summed E-state index contributed by atoms with van der Waals surface area (Å²) < 4.78 is 21.4. The normalized spacial score (nSPS) is 21.6. The van der Waals surface area contributed by atoms with Crippen LogP contribution in [0.3, 0.4) is 0 Å². The fourth-order valence-corrected chi connectivity index (χ4v) is 7.78. The molecule has 0 bridgehead atoms. The van der Waals surface area contributed by atoms with E-state index in [1.807, 2.05) is 11.8 Å². The van der Waals surface area contributed by atoms with Crippen LogP contribution in [0.1, 0.15) is 73.5 Å². The number of phenolic OH excluding ortho intramolecular Hbond substituents is 1. The first-order valence-corrected chi connectivity index (χ1v) is 15.6. The molecule has 4 aliphatic heterocycles. The number of aromatic hydroxyl groups is 1. The van der Waals surface area contributed by atoms with Crippen molar-refractivity contribution < 1.29 is 19.0 Å². The molecule has 224 valence electrons. The molecule has 1 atom stereocenters. The van der Waals surface area contributed by atoms with Crippen molar-refractivity contribution in [1.29, 1.82) is 5.26 Å². The molecule has 1 unspecified atom stereocenters. The highest BCUT2D eigenvalue weighted by atomic mass is 19.1. The predicted molar refractivity (Wildman–Crippen MR) is 161 cm³/mol. The van der Waals surface area contributed by atoms with Gasteiger partial charge in [0.15, 0.2) is 0 Å². The van der Waals surface area contributed by atoms with Gasteiger partial charge in [0.2, 0.25) is 0 Å². The zero-order chi connectivity index (χ0) is 29.7. The second-order valence-electron chi connectivity index (χ2n) is 12.5. The minimum atomic E-state index is -0.346. The quantitative estimate of drug-likeness (QED) is 0.414. The number of rotatable bonds is 6. The highest BCUT2D eigenvalue weighted by molar-refractivity contribution is 6.16. The van der Waals surface area contributed by atoms with E-state index in [4.69, 9.17) is 14.7 Å². The maximum atomic E-state index is 15.0. The lowest BCUT2D eigenvalue weighted by Crippen LogP contribution is -2.43. The van der Waals surface area contributed by atoms with Crippen LogP contribution in [-0.2, 0) is 13.0 Å². The Kier molecular flexibility index (Phi) is 7.08. The third-order valence-electron chi connectivity index (χ3n) is 9.92. The van der Waals surface area contributed by atoms with E-state index >= 15 is 0 Å². The standard InChI is InChI=1S/C33H37FN6O3/c1-2-24-25(34)9-8-22-15-23(41)16-27(28(22)24)40-19-26-29(31(40)42)30(38-12-4-3-7-21(17-35)18-38)37-32(36-26)43-20-33-10-5-13-39(33)14-6-11-33/h8-9,15-16,21,41H,2-7,10-14,18-20H2,1H3. The number of nitriles is 1. The van der Waals surface area contributed by atoms with Crippen LogP contribution < -0.4 is 14.5 Å². The van der Waals surface area contributed by atoms with Crippen molar-refractivity contribution in [3.63, 3.8) is 0 Å². The summed E-state index contributed by atoms with van der Waals surface area (Å²) in [6.45, 7) is 5.85. The Balaban J connectivity index is 1.31. The van der Waals surface area contributed by atoms with Crippen molar-refractivity contribution >= 4 is 28.2 Å². The monoisotopic (exact) mass is 584 g/mol. The van der Waals surface area contributed by atoms with Crippen LogP contribution in [0.2, 0.25) is 0 Å². The summed E-state index contributed by atoms with van der Waals surface area (Å²) in [5.74, 6) is -0.324. The van der Waals surface area contributed by atoms with Crippen molar-refractivity contribution in [2.75, 3.05) is 42.6 Å². The molecule has 1 N–H and O–H groups in total. The van der Waals surface area contributed by atoms with Gasteiger partial charge in [-0.1, -0.05) is 19.4 Å². The second-order valence-corrected chi connectivity index (χ2v) is 12.5. The molecule has 9 nitrogen and oxygen atoms in total. The lowest BCUT2D eigenvalue weighted by Gasteiger charge is -2.31. The topological polar surface area (TPSA) is 106 Å². The second kappa shape index (κ2) is 10.9. The molecule has 5 heterocycles. The van der Waals surface area contributed by atoms with E-state index in [1.54, 1.807) is 17.0 Å². The molecule has 1 aromatic heterocycles. The molecule has 0 spiro atoms. The number of aryl methyl sites for hydroxylation is 1. The zero-order valence-electron chi connectivity index (χ0n) is 24.6. The number of benzene rings is 2. The van der Waals surface area contributed by atoms with Crippen molar-refractivity contribution in [1.82, 2.24) is 14.9 Å². The molecular formula is C33H37FN6O3. The summed E-state index contributed by atoms with van der Waals surface area (Å²) in [7, 11) is 0. The smallest absolute Gasteiger partial charge is 0.318 e. The van der Waals surface area contributed by atoms with Gasteiger partial charge in [-0.2, -0.15) is 15.2 Å². The SMILES string of the molecule is CCc1c(F)ccc2cc(O)cc(N3Cc4nc(OCC56CCCN5CCC6)nc(N5CCCCC(C#N)C5)c4C3=O)c12. The van der Waals surface area contributed by atoms with E-state index in [-0.39, 0.29) is 41.5 Å². The fraction of sp³-hybridized carbons (Fsp3) is 0.515. The van der Waals surface area contributed by atoms with E-state index in [0.717, 1.165) is 58.0 Å². The number of anilines is 2. The van der Waals surface area contributed by atoms with Gasteiger partial charge in [0.1, 0.15) is 29.6 Å². The molecule has 4 aliphatic rings. The number of phenols is 1. The average Bonchev–Trinajstić information content (AvgIpc) is 3.62. The van der Waals surface area contributed by atoms with E-state index in [1.165, 1.54) is 12.1 Å². The van der Waals surface area contributed by atoms with Gasteiger partial charge in [-0.25, -0.2) is 4.39 Å². The number of nitrogens with zero attached hydrogens (tertiary/aromatic N) is 6. The van der Waals surface area contributed by atoms with Crippen molar-refractivity contribution in [2.24, 2.45) is 5.92 Å². The first kappa shape index (κ1) is 27.8. The summed E-state index contributed by atoms with van der Waals surface area (Å²) in [6.07, 6.45) is 7.56. The molecule has 0 saturated carbocycles. The van der Waals surface area contributed by atoms with Gasteiger partial charge >= 0.3 is 6.01 Å². The average molecular weight is 585 g/mol. The Labute approximate surface area is 250 Å². The first-order valence-electron chi connectivity index (χ1n) is 15.6. The molecule has 3 aromatic rings. The zero-order valence-corrected chi connectivity index (χ0v) is 24.6. The molecule has 0 radical (unpaired) electrons. The number of aromatic nitrogens is 2. The Morgan fingerprint density at radius 2 is 1.95 bits per heavy atom. The number of halogens is 1. The minimum absolute atomic E-state index is 0.00318. The highest BCUT2D eigenvalue weighted by Gasteiger charge is 2.45. The Morgan fingerprint density at radius 1 is 1.14 bits per heavy atom. The Hall–Kier alpha value is -3.97. The van der Waals surface area contributed by atoms with Gasteiger partial charge < -0.3 is 19.6 Å². The van der Waals surface area contributed by atoms with Crippen molar-refractivity contribution in [3.05, 3.63) is 46.9 Å². The third kappa shape index (κ3) is 4.74. The van der Waals surface area contributed by atoms with E-state index < -0.39 is 0 Å². The predicted octanol–water partition coefficient (Wildman–Crippen LogP) is 5.33. The summed E-state index contributed by atoms with van der Waals surface area (Å²) >= 11 is 0. The summed E-state index contributed by atoms with van der Waals surface area (Å²) in [4.78, 5) is 30.1. The molecular weight excluding hydrogens is 547 g/mol. The number of fused-ring (bicyclic) bond motifs is 3. The molecule has 10 heteroatoms. The lowest BCUT2D eigenvalue weighted by molar-refractivity contribution is 0.0996. The molecule has 0 aliphatic carbocycles. The van der Waals surface area contributed by atoms with E-state index in [9.17, 15) is 19.6 Å². The maximum absolute atomic E-state index is 15.0. The lowest BCUT2D eigenvalue weighted by atomic mass is 9.95.